The molecule has 0 spiro atoms. The molecule has 1 heterocycles. The molecule has 4 nitrogen and oxygen atoms in total. The van der Waals surface area contributed by atoms with Gasteiger partial charge in [-0.25, -0.2) is 0 Å². The van der Waals surface area contributed by atoms with Crippen LogP contribution in [0.5, 0.6) is 5.75 Å². The van der Waals surface area contributed by atoms with Gasteiger partial charge in [-0.1, -0.05) is 12.1 Å². The molecule has 1 aromatic carbocycles. The van der Waals surface area contributed by atoms with Crippen LogP contribution in [0.3, 0.4) is 0 Å². The highest BCUT2D eigenvalue weighted by molar-refractivity contribution is 6.01. The molecule has 0 saturated carbocycles. The molecule has 1 fully saturated rings. The lowest BCUT2D eigenvalue weighted by Gasteiger charge is -2.26. The summed E-state index contributed by atoms with van der Waals surface area (Å²) in [6.45, 7) is -1.55. The summed E-state index contributed by atoms with van der Waals surface area (Å²) in [5, 5.41) is 9.17. The highest BCUT2D eigenvalue weighted by Crippen LogP contribution is 2.18. The van der Waals surface area contributed by atoms with Gasteiger partial charge in [0.15, 0.2) is 0 Å². The zero-order chi connectivity index (χ0) is 15.9. The Morgan fingerprint density at radius 1 is 1.23 bits per heavy atom. The summed E-state index contributed by atoms with van der Waals surface area (Å²) in [6.07, 6.45) is 4.46. The number of amides is 1. The number of nitriles is 1. The zero-order valence-corrected chi connectivity index (χ0v) is 12.0. The van der Waals surface area contributed by atoms with Crippen LogP contribution in [-0.2, 0) is 4.79 Å². The van der Waals surface area contributed by atoms with Crippen molar-refractivity contribution in [3.05, 3.63) is 35.4 Å². The number of carbonyl (C=O) groups is 1. The Labute approximate surface area is 127 Å². The number of carbonyl (C=O) groups excluding carboxylic acids is 1. The third-order valence-corrected chi connectivity index (χ3v) is 3.41. The fraction of sp³-hybridized carbons (Fsp3) is 0.375. The first-order chi connectivity index (χ1) is 10.6. The molecule has 1 aliphatic heterocycles. The summed E-state index contributed by atoms with van der Waals surface area (Å²) in [5.74, 6) is -0.247. The van der Waals surface area contributed by atoms with Crippen LogP contribution in [0, 0.1) is 11.3 Å². The molecule has 0 aromatic heterocycles. The maximum Gasteiger partial charge on any atom is 0.387 e. The molecule has 1 aromatic rings. The van der Waals surface area contributed by atoms with E-state index in [0.717, 1.165) is 19.3 Å². The number of hydrogen-bond acceptors (Lipinski definition) is 3. The van der Waals surface area contributed by atoms with Gasteiger partial charge >= 0.3 is 6.61 Å². The summed E-state index contributed by atoms with van der Waals surface area (Å²) in [5.41, 5.74) is 0.632. The number of benzene rings is 1. The van der Waals surface area contributed by atoms with Crippen LogP contribution >= 0.6 is 0 Å². The lowest BCUT2D eigenvalue weighted by Crippen LogP contribution is -2.36. The number of likely N-dealkylation sites (tertiary alicyclic amines) is 1. The van der Waals surface area contributed by atoms with Crippen LogP contribution < -0.4 is 4.74 Å². The number of rotatable bonds is 4. The van der Waals surface area contributed by atoms with Crippen molar-refractivity contribution in [2.75, 3.05) is 13.1 Å². The van der Waals surface area contributed by atoms with E-state index in [-0.39, 0.29) is 17.2 Å². The lowest BCUT2D eigenvalue weighted by atomic mass is 10.1. The summed E-state index contributed by atoms with van der Waals surface area (Å²) in [6, 6.07) is 7.71. The number of halogens is 2. The molecule has 0 N–H and O–H groups in total. The molecular formula is C16H16F2N2O2. The van der Waals surface area contributed by atoms with E-state index in [0.29, 0.717) is 18.7 Å². The predicted octanol–water partition coefficient (Wildman–Crippen LogP) is 3.21. The molecule has 2 rings (SSSR count). The Hall–Kier alpha value is -2.42. The first-order valence-corrected chi connectivity index (χ1v) is 7.06. The van der Waals surface area contributed by atoms with E-state index < -0.39 is 6.61 Å². The number of hydrogen-bond donors (Lipinski definition) is 0. The minimum atomic E-state index is -2.88. The number of ether oxygens (including phenoxy) is 1. The van der Waals surface area contributed by atoms with Gasteiger partial charge in [0, 0.05) is 13.1 Å². The van der Waals surface area contributed by atoms with Crippen LogP contribution in [0.25, 0.3) is 6.08 Å². The number of nitrogens with zero attached hydrogens (tertiary/aromatic N) is 2. The van der Waals surface area contributed by atoms with Crippen molar-refractivity contribution in [3.8, 4) is 11.8 Å². The lowest BCUT2D eigenvalue weighted by molar-refractivity contribution is -0.127. The summed E-state index contributed by atoms with van der Waals surface area (Å²) in [7, 11) is 0. The van der Waals surface area contributed by atoms with Crippen LogP contribution in [0.4, 0.5) is 8.78 Å². The van der Waals surface area contributed by atoms with E-state index in [1.807, 2.05) is 6.07 Å². The first-order valence-electron chi connectivity index (χ1n) is 7.06. The minimum absolute atomic E-state index is 0.0352. The summed E-state index contributed by atoms with van der Waals surface area (Å²) >= 11 is 0. The maximum atomic E-state index is 12.3. The molecular weight excluding hydrogens is 290 g/mol. The van der Waals surface area contributed by atoms with Gasteiger partial charge in [-0.05, 0) is 43.0 Å². The maximum absolute atomic E-state index is 12.3. The molecule has 0 radical (unpaired) electrons. The smallest absolute Gasteiger partial charge is 0.387 e. The summed E-state index contributed by atoms with van der Waals surface area (Å²) in [4.78, 5) is 13.9. The Morgan fingerprint density at radius 3 is 2.41 bits per heavy atom. The van der Waals surface area contributed by atoms with Gasteiger partial charge in [0.2, 0.25) is 0 Å². The van der Waals surface area contributed by atoms with Crippen molar-refractivity contribution in [1.29, 1.82) is 5.26 Å². The molecule has 116 valence electrons. The van der Waals surface area contributed by atoms with Crippen LogP contribution in [0.2, 0.25) is 0 Å². The van der Waals surface area contributed by atoms with Gasteiger partial charge < -0.3 is 9.64 Å². The largest absolute Gasteiger partial charge is 0.435 e. The Kier molecular flexibility index (Phi) is 5.48. The zero-order valence-electron chi connectivity index (χ0n) is 12.0. The molecule has 1 saturated heterocycles. The Balaban J connectivity index is 2.11. The quantitative estimate of drug-likeness (QED) is 0.634. The second-order valence-corrected chi connectivity index (χ2v) is 4.97. The molecule has 0 bridgehead atoms. The van der Waals surface area contributed by atoms with Gasteiger partial charge in [-0.2, -0.15) is 14.0 Å². The van der Waals surface area contributed by atoms with E-state index in [1.54, 1.807) is 4.90 Å². The summed E-state index contributed by atoms with van der Waals surface area (Å²) < 4.78 is 28.4. The Bertz CT molecular complexity index is 585. The van der Waals surface area contributed by atoms with Crippen LogP contribution in [-0.4, -0.2) is 30.5 Å². The van der Waals surface area contributed by atoms with Crippen molar-refractivity contribution < 1.29 is 18.3 Å². The molecule has 0 aliphatic carbocycles. The van der Waals surface area contributed by atoms with E-state index >= 15 is 0 Å². The molecule has 0 unspecified atom stereocenters. The molecule has 6 heteroatoms. The topological polar surface area (TPSA) is 53.3 Å². The van der Waals surface area contributed by atoms with Gasteiger partial charge in [0.1, 0.15) is 17.4 Å². The van der Waals surface area contributed by atoms with Crippen molar-refractivity contribution in [3.63, 3.8) is 0 Å². The van der Waals surface area contributed by atoms with Crippen molar-refractivity contribution >= 4 is 12.0 Å². The second kappa shape index (κ2) is 7.55. The van der Waals surface area contributed by atoms with E-state index in [9.17, 15) is 18.8 Å². The second-order valence-electron chi connectivity index (χ2n) is 4.97. The van der Waals surface area contributed by atoms with Crippen molar-refractivity contribution in [2.24, 2.45) is 0 Å². The van der Waals surface area contributed by atoms with E-state index in [4.69, 9.17) is 0 Å². The SMILES string of the molecule is N#C/C(=C/c1ccc(OC(F)F)cc1)C(=O)N1CCCCC1. The van der Waals surface area contributed by atoms with Crippen molar-refractivity contribution in [1.82, 2.24) is 4.90 Å². The fourth-order valence-electron chi connectivity index (χ4n) is 2.32. The fourth-order valence-corrected chi connectivity index (χ4v) is 2.32. The van der Waals surface area contributed by atoms with Gasteiger partial charge in [-0.3, -0.25) is 4.79 Å². The number of alkyl halides is 2. The van der Waals surface area contributed by atoms with Crippen LogP contribution in [0.1, 0.15) is 24.8 Å². The van der Waals surface area contributed by atoms with E-state index in [1.165, 1.54) is 30.3 Å². The first kappa shape index (κ1) is 16.0. The third-order valence-electron chi connectivity index (χ3n) is 3.41. The predicted molar refractivity (Wildman–Crippen MR) is 77.1 cm³/mol. The molecule has 0 atom stereocenters. The standard InChI is InChI=1S/C16H16F2N2O2/c17-16(18)22-14-6-4-12(5-7-14)10-13(11-19)15(21)20-8-2-1-3-9-20/h4-7,10,16H,1-3,8-9H2/b13-10-. The third kappa shape index (κ3) is 4.29. The highest BCUT2D eigenvalue weighted by atomic mass is 19.3. The van der Waals surface area contributed by atoms with E-state index in [2.05, 4.69) is 4.74 Å². The highest BCUT2D eigenvalue weighted by Gasteiger charge is 2.20. The van der Waals surface area contributed by atoms with Crippen molar-refractivity contribution in [2.45, 2.75) is 25.9 Å². The number of piperidine rings is 1. The Morgan fingerprint density at radius 2 is 1.86 bits per heavy atom. The van der Waals surface area contributed by atoms with Gasteiger partial charge in [0.05, 0.1) is 0 Å². The molecule has 1 amide bonds. The molecule has 22 heavy (non-hydrogen) atoms. The monoisotopic (exact) mass is 306 g/mol. The minimum Gasteiger partial charge on any atom is -0.435 e. The van der Waals surface area contributed by atoms with Crippen LogP contribution in [0.15, 0.2) is 29.8 Å². The van der Waals surface area contributed by atoms with Gasteiger partial charge in [0.25, 0.3) is 5.91 Å². The normalized spacial score (nSPS) is 15.5. The average molecular weight is 306 g/mol. The average Bonchev–Trinajstić information content (AvgIpc) is 2.54. The van der Waals surface area contributed by atoms with Gasteiger partial charge in [-0.15, -0.1) is 0 Å². The molecule has 1 aliphatic rings.